The lowest BCUT2D eigenvalue weighted by Gasteiger charge is -2.34. The second kappa shape index (κ2) is 7.61. The number of sulfonamides is 1. The van der Waals surface area contributed by atoms with Gasteiger partial charge in [0.1, 0.15) is 4.90 Å². The van der Waals surface area contributed by atoms with Crippen LogP contribution < -0.4 is 5.73 Å². The number of halogens is 2. The Morgan fingerprint density at radius 1 is 1.30 bits per heavy atom. The average Bonchev–Trinajstić information content (AvgIpc) is 2.40. The fourth-order valence-electron chi connectivity index (χ4n) is 2.55. The van der Waals surface area contributed by atoms with Crippen LogP contribution in [0.15, 0.2) is 29.2 Å². The maximum atomic E-state index is 12.7. The predicted molar refractivity (Wildman–Crippen MR) is 83.9 cm³/mol. The Morgan fingerprint density at radius 3 is 2.65 bits per heavy atom. The second-order valence-electron chi connectivity index (χ2n) is 4.77. The molecule has 0 aliphatic carbocycles. The quantitative estimate of drug-likeness (QED) is 0.917. The van der Waals surface area contributed by atoms with Gasteiger partial charge in [-0.1, -0.05) is 30.2 Å². The number of benzene rings is 1. The Morgan fingerprint density at radius 2 is 2.00 bits per heavy atom. The van der Waals surface area contributed by atoms with E-state index in [1.807, 2.05) is 0 Å². The second-order valence-corrected chi connectivity index (χ2v) is 7.04. The van der Waals surface area contributed by atoms with Crippen LogP contribution in [0.25, 0.3) is 0 Å². The van der Waals surface area contributed by atoms with Crippen LogP contribution in [0.2, 0.25) is 5.02 Å². The van der Waals surface area contributed by atoms with Gasteiger partial charge in [-0.2, -0.15) is 4.31 Å². The van der Waals surface area contributed by atoms with Crippen LogP contribution >= 0.6 is 24.0 Å². The van der Waals surface area contributed by atoms with Crippen LogP contribution in [0.4, 0.5) is 0 Å². The normalized spacial score (nSPS) is 20.4. The van der Waals surface area contributed by atoms with Crippen LogP contribution in [-0.4, -0.2) is 31.9 Å². The van der Waals surface area contributed by atoms with Gasteiger partial charge in [0.2, 0.25) is 10.0 Å². The van der Waals surface area contributed by atoms with Crippen molar-refractivity contribution >= 4 is 34.0 Å². The lowest BCUT2D eigenvalue weighted by Crippen LogP contribution is -2.44. The van der Waals surface area contributed by atoms with Crippen LogP contribution in [0.3, 0.4) is 0 Å². The van der Waals surface area contributed by atoms with Gasteiger partial charge < -0.3 is 5.73 Å². The van der Waals surface area contributed by atoms with E-state index in [1.165, 1.54) is 0 Å². The van der Waals surface area contributed by atoms with Crippen LogP contribution in [-0.2, 0) is 10.0 Å². The van der Waals surface area contributed by atoms with Gasteiger partial charge in [-0.25, -0.2) is 8.42 Å². The highest BCUT2D eigenvalue weighted by molar-refractivity contribution is 7.89. The van der Waals surface area contributed by atoms with E-state index in [2.05, 4.69) is 0 Å². The van der Waals surface area contributed by atoms with Gasteiger partial charge in [0.15, 0.2) is 0 Å². The predicted octanol–water partition coefficient (Wildman–Crippen LogP) is 2.65. The lowest BCUT2D eigenvalue weighted by molar-refractivity contribution is 0.243. The van der Waals surface area contributed by atoms with Gasteiger partial charge in [0, 0.05) is 12.6 Å². The van der Waals surface area contributed by atoms with E-state index < -0.39 is 10.0 Å². The molecule has 0 saturated carbocycles. The molecule has 7 heteroatoms. The third-order valence-electron chi connectivity index (χ3n) is 3.50. The topological polar surface area (TPSA) is 63.4 Å². The first kappa shape index (κ1) is 17.7. The Balaban J connectivity index is 0.00000200. The van der Waals surface area contributed by atoms with Crippen molar-refractivity contribution in [2.24, 2.45) is 5.73 Å². The summed E-state index contributed by atoms with van der Waals surface area (Å²) in [6.45, 7) is 1.05. The van der Waals surface area contributed by atoms with Gasteiger partial charge in [-0.3, -0.25) is 0 Å². The minimum Gasteiger partial charge on any atom is -0.330 e. The van der Waals surface area contributed by atoms with E-state index >= 15 is 0 Å². The van der Waals surface area contributed by atoms with Gasteiger partial charge in [-0.05, 0) is 37.9 Å². The molecule has 1 aromatic carbocycles. The summed E-state index contributed by atoms with van der Waals surface area (Å²) in [5.74, 6) is 0. The van der Waals surface area contributed by atoms with Crippen molar-refractivity contribution in [3.63, 3.8) is 0 Å². The lowest BCUT2D eigenvalue weighted by atomic mass is 10.0. The summed E-state index contributed by atoms with van der Waals surface area (Å²) >= 11 is 6.02. The first-order valence-corrected chi connectivity index (χ1v) is 8.35. The molecule has 2 N–H and O–H groups in total. The molecule has 1 heterocycles. The van der Waals surface area contributed by atoms with Crippen molar-refractivity contribution in [1.82, 2.24) is 4.31 Å². The Labute approximate surface area is 131 Å². The zero-order valence-corrected chi connectivity index (χ0v) is 13.6. The van der Waals surface area contributed by atoms with Crippen molar-refractivity contribution in [3.05, 3.63) is 29.3 Å². The molecule has 1 aliphatic heterocycles. The van der Waals surface area contributed by atoms with Crippen LogP contribution in [0, 0.1) is 0 Å². The third kappa shape index (κ3) is 3.65. The molecule has 114 valence electrons. The molecule has 1 atom stereocenters. The number of rotatable bonds is 4. The fourth-order valence-corrected chi connectivity index (χ4v) is 4.77. The molecule has 2 rings (SSSR count). The first-order valence-electron chi connectivity index (χ1n) is 6.54. The van der Waals surface area contributed by atoms with Crippen molar-refractivity contribution in [1.29, 1.82) is 0 Å². The van der Waals surface area contributed by atoms with Crippen LogP contribution in [0.1, 0.15) is 25.7 Å². The molecule has 1 aliphatic rings. The largest absolute Gasteiger partial charge is 0.330 e. The van der Waals surface area contributed by atoms with Gasteiger partial charge in [0.25, 0.3) is 0 Å². The van der Waals surface area contributed by atoms with Crippen molar-refractivity contribution in [2.75, 3.05) is 13.1 Å². The smallest absolute Gasteiger partial charge is 0.244 e. The van der Waals surface area contributed by atoms with Crippen molar-refractivity contribution < 1.29 is 8.42 Å². The molecule has 1 saturated heterocycles. The molecule has 0 amide bonds. The fraction of sp³-hybridized carbons (Fsp3) is 0.538. The SMILES string of the molecule is Cl.NCCC1CCCCN1S(=O)(=O)c1ccccc1Cl. The molecular formula is C13H20Cl2N2O2S. The van der Waals surface area contributed by atoms with E-state index in [4.69, 9.17) is 17.3 Å². The van der Waals surface area contributed by atoms with E-state index in [0.717, 1.165) is 19.3 Å². The molecule has 20 heavy (non-hydrogen) atoms. The minimum atomic E-state index is -3.52. The molecular weight excluding hydrogens is 319 g/mol. The van der Waals surface area contributed by atoms with E-state index in [0.29, 0.717) is 19.5 Å². The summed E-state index contributed by atoms with van der Waals surface area (Å²) in [7, 11) is -3.52. The highest BCUT2D eigenvalue weighted by Gasteiger charge is 2.33. The summed E-state index contributed by atoms with van der Waals surface area (Å²) in [5.41, 5.74) is 5.59. The first-order chi connectivity index (χ1) is 9.07. The zero-order valence-electron chi connectivity index (χ0n) is 11.2. The molecule has 0 bridgehead atoms. The van der Waals surface area contributed by atoms with E-state index in [-0.39, 0.29) is 28.4 Å². The summed E-state index contributed by atoms with van der Waals surface area (Å²) in [6, 6.07) is 6.59. The Kier molecular flexibility index (Phi) is 6.75. The van der Waals surface area contributed by atoms with Gasteiger partial charge >= 0.3 is 0 Å². The molecule has 1 unspecified atom stereocenters. The highest BCUT2D eigenvalue weighted by Crippen LogP contribution is 2.30. The molecule has 1 aromatic rings. The number of hydrogen-bond acceptors (Lipinski definition) is 3. The van der Waals surface area contributed by atoms with Crippen LogP contribution in [0.5, 0.6) is 0 Å². The molecule has 0 radical (unpaired) electrons. The number of nitrogens with two attached hydrogens (primary N) is 1. The zero-order chi connectivity index (χ0) is 13.9. The highest BCUT2D eigenvalue weighted by atomic mass is 35.5. The third-order valence-corrected chi connectivity index (χ3v) is 5.95. The van der Waals surface area contributed by atoms with E-state index in [1.54, 1.807) is 28.6 Å². The number of hydrogen-bond donors (Lipinski definition) is 1. The maximum absolute atomic E-state index is 12.7. The van der Waals surface area contributed by atoms with Gasteiger partial charge in [0.05, 0.1) is 5.02 Å². The summed E-state index contributed by atoms with van der Waals surface area (Å²) in [5, 5.41) is 0.277. The molecule has 1 fully saturated rings. The Hall–Kier alpha value is -0.330. The maximum Gasteiger partial charge on any atom is 0.244 e. The number of nitrogens with zero attached hydrogens (tertiary/aromatic N) is 1. The average molecular weight is 339 g/mol. The van der Waals surface area contributed by atoms with Crippen molar-refractivity contribution in [2.45, 2.75) is 36.6 Å². The summed E-state index contributed by atoms with van der Waals surface area (Å²) in [4.78, 5) is 0.195. The monoisotopic (exact) mass is 338 g/mol. The van der Waals surface area contributed by atoms with E-state index in [9.17, 15) is 8.42 Å². The molecule has 4 nitrogen and oxygen atoms in total. The molecule has 0 aromatic heterocycles. The number of piperidine rings is 1. The summed E-state index contributed by atoms with van der Waals surface area (Å²) < 4.78 is 27.0. The minimum absolute atomic E-state index is 0. The Bertz CT molecular complexity index is 535. The molecule has 0 spiro atoms. The standard InChI is InChI=1S/C13H19ClN2O2S.ClH/c14-12-6-1-2-7-13(12)19(17,18)16-10-4-3-5-11(16)8-9-15;/h1-2,6-7,11H,3-5,8-10,15H2;1H. The van der Waals surface area contributed by atoms with Crippen molar-refractivity contribution in [3.8, 4) is 0 Å². The summed E-state index contributed by atoms with van der Waals surface area (Å²) in [6.07, 6.45) is 3.52. The van der Waals surface area contributed by atoms with Gasteiger partial charge in [-0.15, -0.1) is 12.4 Å².